The summed E-state index contributed by atoms with van der Waals surface area (Å²) in [6.07, 6.45) is 0. The number of hydrogen-bond acceptors (Lipinski definition) is 6. The van der Waals surface area contributed by atoms with Crippen LogP contribution in [0.4, 0.5) is 11.4 Å². The average molecular weight is 267 g/mol. The zero-order valence-corrected chi connectivity index (χ0v) is 9.91. The van der Waals surface area contributed by atoms with Crippen molar-refractivity contribution < 1.29 is 19.6 Å². The molecule has 1 amide bonds. The van der Waals surface area contributed by atoms with Gasteiger partial charge in [0.15, 0.2) is 0 Å². The second-order valence-corrected chi connectivity index (χ2v) is 4.26. The Balaban J connectivity index is 2.19. The summed E-state index contributed by atoms with van der Waals surface area (Å²) in [5, 5.41) is 22.5. The number of nitrogens with one attached hydrogen (secondary N) is 1. The number of carbonyl (C=O) groups excluding carboxylic acids is 1. The largest absolute Gasteiger partial charge is 0.508 e. The Labute approximate surface area is 108 Å². The van der Waals surface area contributed by atoms with Crippen LogP contribution in [0.3, 0.4) is 0 Å². The van der Waals surface area contributed by atoms with E-state index >= 15 is 0 Å². The molecule has 0 spiro atoms. The molecule has 0 saturated carbocycles. The van der Waals surface area contributed by atoms with Gasteiger partial charge < -0.3 is 20.9 Å². The number of hydrogen-bond donors (Lipinski definition) is 3. The summed E-state index contributed by atoms with van der Waals surface area (Å²) in [6, 6.07) is 3.08. The highest BCUT2D eigenvalue weighted by atomic mass is 16.6. The molecule has 0 radical (unpaired) electrons. The molecule has 0 aliphatic carbocycles. The van der Waals surface area contributed by atoms with Gasteiger partial charge in [-0.05, 0) is 12.1 Å². The van der Waals surface area contributed by atoms with E-state index in [4.69, 9.17) is 10.5 Å². The normalized spacial score (nSPS) is 22.2. The lowest BCUT2D eigenvalue weighted by molar-refractivity contribution is -0.384. The molecule has 2 unspecified atom stereocenters. The second kappa shape index (κ2) is 5.21. The summed E-state index contributed by atoms with van der Waals surface area (Å²) in [5.74, 6) is -1.21. The number of amides is 1. The van der Waals surface area contributed by atoms with Gasteiger partial charge in [-0.1, -0.05) is 0 Å². The number of ether oxygens (including phenoxy) is 1. The number of nitrogens with two attached hydrogens (primary N) is 1. The maximum Gasteiger partial charge on any atom is 0.296 e. The van der Waals surface area contributed by atoms with Crippen molar-refractivity contribution in [2.24, 2.45) is 11.7 Å². The van der Waals surface area contributed by atoms with Crippen LogP contribution in [0, 0.1) is 16.0 Å². The number of nitrogens with zero attached hydrogens (tertiary/aromatic N) is 1. The molecule has 0 aromatic heterocycles. The van der Waals surface area contributed by atoms with Crippen LogP contribution in [0.15, 0.2) is 18.2 Å². The minimum Gasteiger partial charge on any atom is -0.508 e. The zero-order valence-electron chi connectivity index (χ0n) is 9.91. The first-order chi connectivity index (χ1) is 8.99. The smallest absolute Gasteiger partial charge is 0.296 e. The van der Waals surface area contributed by atoms with Crippen LogP contribution >= 0.6 is 0 Å². The van der Waals surface area contributed by atoms with Crippen LogP contribution in [0.2, 0.25) is 0 Å². The summed E-state index contributed by atoms with van der Waals surface area (Å²) in [4.78, 5) is 22.1. The Kier molecular flexibility index (Phi) is 3.63. The van der Waals surface area contributed by atoms with E-state index in [1.165, 1.54) is 12.1 Å². The van der Waals surface area contributed by atoms with Gasteiger partial charge in [-0.3, -0.25) is 14.9 Å². The first-order valence-electron chi connectivity index (χ1n) is 5.60. The number of benzene rings is 1. The van der Waals surface area contributed by atoms with Crippen molar-refractivity contribution in [1.82, 2.24) is 0 Å². The van der Waals surface area contributed by atoms with Crippen molar-refractivity contribution in [2.45, 2.75) is 6.04 Å². The second-order valence-electron chi connectivity index (χ2n) is 4.26. The molecule has 8 nitrogen and oxygen atoms in total. The number of nitro benzene ring substituents is 1. The highest BCUT2D eigenvalue weighted by Gasteiger charge is 2.32. The Hall–Kier alpha value is -2.19. The Bertz CT molecular complexity index is 519. The van der Waals surface area contributed by atoms with E-state index in [1.807, 2.05) is 0 Å². The van der Waals surface area contributed by atoms with Gasteiger partial charge in [0.25, 0.3) is 5.69 Å². The quantitative estimate of drug-likeness (QED) is 0.408. The lowest BCUT2D eigenvalue weighted by Crippen LogP contribution is -2.37. The lowest BCUT2D eigenvalue weighted by Gasteiger charge is -2.13. The molecule has 1 fully saturated rings. The van der Waals surface area contributed by atoms with Crippen LogP contribution in [0.25, 0.3) is 0 Å². The highest BCUT2D eigenvalue weighted by Crippen LogP contribution is 2.29. The fourth-order valence-electron chi connectivity index (χ4n) is 1.84. The van der Waals surface area contributed by atoms with Gasteiger partial charge >= 0.3 is 0 Å². The Morgan fingerprint density at radius 3 is 2.84 bits per heavy atom. The number of phenolic OH excluding ortho intramolecular Hbond substituents is 1. The van der Waals surface area contributed by atoms with E-state index in [2.05, 4.69) is 5.32 Å². The molecule has 4 N–H and O–H groups in total. The summed E-state index contributed by atoms with van der Waals surface area (Å²) < 4.78 is 5.07. The Morgan fingerprint density at radius 2 is 2.26 bits per heavy atom. The number of aromatic hydroxyl groups is 1. The molecule has 19 heavy (non-hydrogen) atoms. The van der Waals surface area contributed by atoms with Crippen molar-refractivity contribution >= 4 is 17.3 Å². The van der Waals surface area contributed by atoms with E-state index in [0.717, 1.165) is 6.07 Å². The van der Waals surface area contributed by atoms with Crippen LogP contribution in [-0.4, -0.2) is 35.2 Å². The maximum atomic E-state index is 11.9. The van der Waals surface area contributed by atoms with Gasteiger partial charge in [-0.2, -0.15) is 0 Å². The molecule has 1 aliphatic heterocycles. The van der Waals surface area contributed by atoms with Crippen LogP contribution in [0.5, 0.6) is 5.75 Å². The van der Waals surface area contributed by atoms with Crippen molar-refractivity contribution in [2.75, 3.05) is 18.5 Å². The Morgan fingerprint density at radius 1 is 1.53 bits per heavy atom. The van der Waals surface area contributed by atoms with E-state index in [-0.39, 0.29) is 30.3 Å². The van der Waals surface area contributed by atoms with Crippen molar-refractivity contribution in [3.05, 3.63) is 28.3 Å². The van der Waals surface area contributed by atoms with Gasteiger partial charge in [0.05, 0.1) is 30.1 Å². The van der Waals surface area contributed by atoms with Crippen LogP contribution < -0.4 is 11.1 Å². The number of rotatable bonds is 3. The predicted molar refractivity (Wildman–Crippen MR) is 65.7 cm³/mol. The molecule has 1 aromatic carbocycles. The van der Waals surface area contributed by atoms with E-state index in [9.17, 15) is 20.0 Å². The number of anilines is 1. The van der Waals surface area contributed by atoms with Gasteiger partial charge in [0.2, 0.25) is 5.91 Å². The molecule has 0 bridgehead atoms. The van der Waals surface area contributed by atoms with Gasteiger partial charge in [0.1, 0.15) is 11.4 Å². The summed E-state index contributed by atoms with van der Waals surface area (Å²) in [6.45, 7) is 0.481. The molecule has 102 valence electrons. The number of phenols is 1. The maximum absolute atomic E-state index is 11.9. The van der Waals surface area contributed by atoms with Gasteiger partial charge in [-0.25, -0.2) is 0 Å². The zero-order chi connectivity index (χ0) is 14.0. The molecule has 1 aliphatic rings. The summed E-state index contributed by atoms with van der Waals surface area (Å²) in [5.41, 5.74) is 5.34. The predicted octanol–water partition coefficient (Wildman–Crippen LogP) is 0.213. The first kappa shape index (κ1) is 13.2. The monoisotopic (exact) mass is 267 g/mol. The van der Waals surface area contributed by atoms with E-state index < -0.39 is 22.8 Å². The fourth-order valence-corrected chi connectivity index (χ4v) is 1.84. The molecular weight excluding hydrogens is 254 g/mol. The standard InChI is InChI=1S/C11H13N3O5/c12-8-5-19-4-7(8)11(16)13-9-2-1-6(15)3-10(9)14(17)18/h1-3,7-8,15H,4-5,12H2,(H,13,16). The molecule has 1 heterocycles. The third-order valence-corrected chi connectivity index (χ3v) is 2.90. The molecular formula is C11H13N3O5. The van der Waals surface area contributed by atoms with Crippen molar-refractivity contribution in [1.29, 1.82) is 0 Å². The van der Waals surface area contributed by atoms with Gasteiger partial charge in [-0.15, -0.1) is 0 Å². The van der Waals surface area contributed by atoms with Crippen molar-refractivity contribution in [3.63, 3.8) is 0 Å². The lowest BCUT2D eigenvalue weighted by atomic mass is 10.0. The molecule has 2 atom stereocenters. The molecule has 1 saturated heterocycles. The molecule has 2 rings (SSSR count). The highest BCUT2D eigenvalue weighted by molar-refractivity contribution is 5.95. The summed E-state index contributed by atoms with van der Waals surface area (Å²) >= 11 is 0. The third-order valence-electron chi connectivity index (χ3n) is 2.90. The number of carbonyl (C=O) groups is 1. The van der Waals surface area contributed by atoms with E-state index in [0.29, 0.717) is 0 Å². The minimum absolute atomic E-state index is 0.0203. The topological polar surface area (TPSA) is 128 Å². The van der Waals surface area contributed by atoms with Crippen LogP contribution in [-0.2, 0) is 9.53 Å². The third kappa shape index (κ3) is 2.80. The number of nitro groups is 1. The average Bonchev–Trinajstić information content (AvgIpc) is 2.77. The van der Waals surface area contributed by atoms with Crippen molar-refractivity contribution in [3.8, 4) is 5.75 Å². The van der Waals surface area contributed by atoms with E-state index in [1.54, 1.807) is 0 Å². The SMILES string of the molecule is NC1COCC1C(=O)Nc1ccc(O)cc1[N+](=O)[O-]. The first-order valence-corrected chi connectivity index (χ1v) is 5.60. The fraction of sp³-hybridized carbons (Fsp3) is 0.364. The van der Waals surface area contributed by atoms with Gasteiger partial charge in [0, 0.05) is 6.04 Å². The summed E-state index contributed by atoms with van der Waals surface area (Å²) in [7, 11) is 0. The van der Waals surface area contributed by atoms with Crippen LogP contribution in [0.1, 0.15) is 0 Å². The molecule has 8 heteroatoms. The molecule has 1 aromatic rings. The minimum atomic E-state index is -0.680.